The van der Waals surface area contributed by atoms with Gasteiger partial charge in [0.15, 0.2) is 5.58 Å². The fourth-order valence-corrected chi connectivity index (χ4v) is 5.98. The average Bonchev–Trinajstić information content (AvgIpc) is 3.66. The number of ether oxygens (including phenoxy) is 1. The van der Waals surface area contributed by atoms with Crippen LogP contribution in [0.4, 0.5) is 5.69 Å². The molecule has 0 fully saturated rings. The Hall–Kier alpha value is -5.28. The molecule has 2 aromatic heterocycles. The molecule has 4 aromatic carbocycles. The van der Waals surface area contributed by atoms with Crippen LogP contribution in [0.5, 0.6) is 5.75 Å². The third-order valence-electron chi connectivity index (χ3n) is 6.90. The van der Waals surface area contributed by atoms with Gasteiger partial charge in [0.05, 0.1) is 29.5 Å². The van der Waals surface area contributed by atoms with Gasteiger partial charge in [0.2, 0.25) is 5.89 Å². The van der Waals surface area contributed by atoms with E-state index in [4.69, 9.17) is 14.1 Å². The average molecular weight is 547 g/mol. The van der Waals surface area contributed by atoms with Gasteiger partial charge >= 0.3 is 5.97 Å². The topological polar surface area (TPSA) is 110 Å². The number of amides is 2. The van der Waals surface area contributed by atoms with Gasteiger partial charge in [-0.25, -0.2) is 14.7 Å². The monoisotopic (exact) mass is 546 g/mol. The summed E-state index contributed by atoms with van der Waals surface area (Å²) in [5, 5.41) is 10.5. The number of oxazole rings is 1. The second kappa shape index (κ2) is 8.89. The number of rotatable bonds is 5. The van der Waals surface area contributed by atoms with Crippen molar-refractivity contribution < 1.29 is 28.6 Å². The van der Waals surface area contributed by atoms with Crippen molar-refractivity contribution in [2.45, 2.75) is 0 Å². The molecule has 0 radical (unpaired) electrons. The molecule has 0 saturated heterocycles. The number of carboxylic acid groups (broad SMARTS) is 1. The third-order valence-corrected chi connectivity index (χ3v) is 8.06. The Labute approximate surface area is 230 Å². The lowest BCUT2D eigenvalue weighted by atomic mass is 10.1. The van der Waals surface area contributed by atoms with Crippen molar-refractivity contribution >= 4 is 56.0 Å². The van der Waals surface area contributed by atoms with Gasteiger partial charge in [-0.1, -0.05) is 18.2 Å². The summed E-state index contributed by atoms with van der Waals surface area (Å²) in [5.41, 5.74) is 3.10. The number of aromatic nitrogens is 1. The molecule has 9 heteroatoms. The van der Waals surface area contributed by atoms with Gasteiger partial charge in [-0.3, -0.25) is 9.59 Å². The molecule has 7 rings (SSSR count). The zero-order chi connectivity index (χ0) is 27.5. The van der Waals surface area contributed by atoms with Crippen LogP contribution in [0.2, 0.25) is 0 Å². The second-order valence-electron chi connectivity index (χ2n) is 9.25. The Morgan fingerprint density at radius 1 is 0.900 bits per heavy atom. The van der Waals surface area contributed by atoms with E-state index < -0.39 is 17.8 Å². The molecule has 0 atom stereocenters. The smallest absolute Gasteiger partial charge is 0.335 e. The molecule has 1 aliphatic rings. The van der Waals surface area contributed by atoms with Crippen LogP contribution in [0.1, 0.15) is 31.1 Å². The molecule has 0 aliphatic carbocycles. The molecule has 0 unspecified atom stereocenters. The van der Waals surface area contributed by atoms with E-state index in [9.17, 15) is 19.5 Å². The number of methoxy groups -OCH3 is 1. The third kappa shape index (κ3) is 3.67. The molecule has 0 bridgehead atoms. The minimum absolute atomic E-state index is 0.0213. The fourth-order valence-electron chi connectivity index (χ4n) is 4.92. The molecule has 194 valence electrons. The molecule has 40 heavy (non-hydrogen) atoms. The molecule has 0 spiro atoms. The highest BCUT2D eigenvalue weighted by molar-refractivity contribution is 7.22. The van der Waals surface area contributed by atoms with Gasteiger partial charge in [0.25, 0.3) is 11.8 Å². The first-order valence-corrected chi connectivity index (χ1v) is 13.1. The normalized spacial score (nSPS) is 12.9. The molecule has 3 heterocycles. The Bertz CT molecular complexity index is 2010. The molecule has 0 saturated carbocycles. The summed E-state index contributed by atoms with van der Waals surface area (Å²) in [7, 11) is 1.44. The first-order chi connectivity index (χ1) is 19.4. The number of nitrogens with zero attached hydrogens (tertiary/aromatic N) is 2. The molecule has 1 aliphatic heterocycles. The Morgan fingerprint density at radius 2 is 1.70 bits per heavy atom. The zero-order valence-corrected chi connectivity index (χ0v) is 21.7. The number of carbonyl (C=O) groups is 3. The lowest BCUT2D eigenvalue weighted by molar-refractivity contribution is 0.0696. The van der Waals surface area contributed by atoms with Crippen molar-refractivity contribution in [1.29, 1.82) is 0 Å². The van der Waals surface area contributed by atoms with Gasteiger partial charge in [0, 0.05) is 15.1 Å². The van der Waals surface area contributed by atoms with Crippen molar-refractivity contribution in [1.82, 2.24) is 4.98 Å². The van der Waals surface area contributed by atoms with E-state index in [1.165, 1.54) is 35.4 Å². The van der Waals surface area contributed by atoms with E-state index in [0.717, 1.165) is 15.3 Å². The maximum Gasteiger partial charge on any atom is 0.335 e. The van der Waals surface area contributed by atoms with E-state index in [2.05, 4.69) is 18.2 Å². The summed E-state index contributed by atoms with van der Waals surface area (Å²) in [6.07, 6.45) is 0. The van der Waals surface area contributed by atoms with Crippen LogP contribution in [0.15, 0.2) is 89.3 Å². The summed E-state index contributed by atoms with van der Waals surface area (Å²) in [5.74, 6) is -1.79. The quantitative estimate of drug-likeness (QED) is 0.235. The number of benzene rings is 4. The Morgan fingerprint density at radius 3 is 2.50 bits per heavy atom. The van der Waals surface area contributed by atoms with E-state index in [1.54, 1.807) is 29.5 Å². The summed E-state index contributed by atoms with van der Waals surface area (Å²) in [6, 6.07) is 25.1. The predicted octanol–water partition coefficient (Wildman–Crippen LogP) is 6.88. The minimum Gasteiger partial charge on any atom is -0.495 e. The molecular weight excluding hydrogens is 528 g/mol. The van der Waals surface area contributed by atoms with E-state index in [1.807, 2.05) is 30.3 Å². The van der Waals surface area contributed by atoms with Crippen LogP contribution >= 0.6 is 11.3 Å². The molecule has 6 aromatic rings. The van der Waals surface area contributed by atoms with Crippen LogP contribution < -0.4 is 9.64 Å². The van der Waals surface area contributed by atoms with Crippen LogP contribution in [-0.2, 0) is 0 Å². The lowest BCUT2D eigenvalue weighted by Crippen LogP contribution is -2.29. The molecule has 2 amide bonds. The highest BCUT2D eigenvalue weighted by Gasteiger charge is 2.39. The molecule has 1 N–H and O–H groups in total. The van der Waals surface area contributed by atoms with Crippen molar-refractivity contribution in [3.8, 4) is 27.6 Å². The first-order valence-electron chi connectivity index (χ1n) is 12.3. The van der Waals surface area contributed by atoms with Gasteiger partial charge < -0.3 is 14.3 Å². The van der Waals surface area contributed by atoms with E-state index >= 15 is 0 Å². The van der Waals surface area contributed by atoms with Gasteiger partial charge in [-0.2, -0.15) is 0 Å². The SMILES string of the molecule is COc1ccc(-c2nc3cc(-c4cc5ccccc5s4)ccc3o2)cc1N1C(=O)c2ccc(C(=O)O)cc2C1=O. The standard InChI is InChI=1S/C31H18N2O6S/c1-38-25-11-8-18(14-23(25)33-29(34)20-9-6-19(31(36)37)12-21(20)30(33)35)28-32-22-13-17(7-10-24(22)39-28)27-15-16-4-2-3-5-26(16)40-27/h2-15H,1H3,(H,36,37). The maximum atomic E-state index is 13.3. The Balaban J connectivity index is 1.28. The number of hydrogen-bond acceptors (Lipinski definition) is 7. The van der Waals surface area contributed by atoms with Crippen molar-refractivity contribution in [2.75, 3.05) is 12.0 Å². The van der Waals surface area contributed by atoms with Crippen molar-refractivity contribution in [3.63, 3.8) is 0 Å². The van der Waals surface area contributed by atoms with Crippen LogP contribution in [0, 0.1) is 0 Å². The minimum atomic E-state index is -1.19. The van der Waals surface area contributed by atoms with Crippen molar-refractivity contribution in [3.05, 3.63) is 102 Å². The highest BCUT2D eigenvalue weighted by atomic mass is 32.1. The van der Waals surface area contributed by atoms with E-state index in [0.29, 0.717) is 28.3 Å². The van der Waals surface area contributed by atoms with Crippen LogP contribution in [-0.4, -0.2) is 35.0 Å². The zero-order valence-electron chi connectivity index (χ0n) is 20.9. The fraction of sp³-hybridized carbons (Fsp3) is 0.0323. The number of carbonyl (C=O) groups excluding carboxylic acids is 2. The van der Waals surface area contributed by atoms with Crippen molar-refractivity contribution in [2.24, 2.45) is 0 Å². The summed E-state index contributed by atoms with van der Waals surface area (Å²) in [4.78, 5) is 44.8. The number of fused-ring (bicyclic) bond motifs is 3. The first kappa shape index (κ1) is 23.8. The number of thiophene rings is 1. The summed E-state index contributed by atoms with van der Waals surface area (Å²) >= 11 is 1.71. The molecule has 8 nitrogen and oxygen atoms in total. The molecular formula is C31H18N2O6S. The van der Waals surface area contributed by atoms with E-state index in [-0.39, 0.29) is 22.4 Å². The van der Waals surface area contributed by atoms with Crippen LogP contribution in [0.3, 0.4) is 0 Å². The summed E-state index contributed by atoms with van der Waals surface area (Å²) < 4.78 is 12.7. The summed E-state index contributed by atoms with van der Waals surface area (Å²) in [6.45, 7) is 0. The number of anilines is 1. The van der Waals surface area contributed by atoms with Gasteiger partial charge in [-0.15, -0.1) is 11.3 Å². The highest BCUT2D eigenvalue weighted by Crippen LogP contribution is 2.39. The van der Waals surface area contributed by atoms with Gasteiger partial charge in [-0.05, 0) is 77.7 Å². The maximum absolute atomic E-state index is 13.3. The number of imide groups is 1. The Kier molecular flexibility index (Phi) is 5.29. The second-order valence-corrected chi connectivity index (χ2v) is 10.3. The predicted molar refractivity (Wildman–Crippen MR) is 151 cm³/mol. The largest absolute Gasteiger partial charge is 0.495 e. The van der Waals surface area contributed by atoms with Gasteiger partial charge in [0.1, 0.15) is 11.3 Å². The van der Waals surface area contributed by atoms with Crippen LogP contribution in [0.25, 0.3) is 43.1 Å². The number of aromatic carboxylic acids is 1. The number of carboxylic acids is 1. The number of hydrogen-bond donors (Lipinski definition) is 1. The lowest BCUT2D eigenvalue weighted by Gasteiger charge is -2.18.